The van der Waals surface area contributed by atoms with Crippen LogP contribution in [-0.4, -0.2) is 33.5 Å². The molecule has 1 aliphatic rings. The topological polar surface area (TPSA) is 58.2 Å². The van der Waals surface area contributed by atoms with E-state index in [9.17, 15) is 8.42 Å². The maximum atomic E-state index is 11.3. The van der Waals surface area contributed by atoms with Gasteiger partial charge >= 0.3 is 0 Å². The maximum Gasteiger partial charge on any atom is 0.212 e. The molecule has 0 saturated carbocycles. The molecule has 4 nitrogen and oxygen atoms in total. The van der Waals surface area contributed by atoms with Crippen molar-refractivity contribution >= 4 is 21.8 Å². The van der Waals surface area contributed by atoms with Crippen molar-refractivity contribution in [1.82, 2.24) is 10.0 Å². The van der Waals surface area contributed by atoms with Gasteiger partial charge in [0.2, 0.25) is 10.0 Å². The Morgan fingerprint density at radius 2 is 2.17 bits per heavy atom. The smallest absolute Gasteiger partial charge is 0.212 e. The average molecular weight is 286 g/mol. The van der Waals surface area contributed by atoms with Gasteiger partial charge in [-0.1, -0.05) is 24.3 Å². The number of sulfonamides is 1. The zero-order valence-electron chi connectivity index (χ0n) is 10.3. The Morgan fingerprint density at radius 1 is 1.39 bits per heavy atom. The molecule has 1 unspecified atom stereocenters. The lowest BCUT2D eigenvalue weighted by molar-refractivity contribution is 0.567. The third kappa shape index (κ3) is 3.47. The van der Waals surface area contributed by atoms with Gasteiger partial charge in [0.1, 0.15) is 0 Å². The summed E-state index contributed by atoms with van der Waals surface area (Å²) in [5, 5.41) is 3.33. The van der Waals surface area contributed by atoms with Crippen molar-refractivity contribution in [1.29, 1.82) is 0 Å². The van der Waals surface area contributed by atoms with Crippen molar-refractivity contribution in [2.24, 2.45) is 0 Å². The first-order chi connectivity index (χ1) is 8.62. The Hall–Kier alpha value is -0.560. The van der Waals surface area contributed by atoms with Gasteiger partial charge in [-0.25, -0.2) is 13.1 Å². The molecule has 1 atom stereocenters. The summed E-state index contributed by atoms with van der Waals surface area (Å²) in [5.41, 5.74) is 2.65. The van der Waals surface area contributed by atoms with E-state index in [0.29, 0.717) is 6.54 Å². The first-order valence-electron chi connectivity index (χ1n) is 5.92. The van der Waals surface area contributed by atoms with Crippen LogP contribution >= 0.6 is 11.8 Å². The van der Waals surface area contributed by atoms with E-state index in [1.54, 1.807) is 0 Å². The molecule has 1 heterocycles. The van der Waals surface area contributed by atoms with E-state index >= 15 is 0 Å². The second-order valence-corrected chi connectivity index (χ2v) is 7.32. The standard InChI is InChI=1S/C12H18N2O2S2/c1-13-18(15,16)7-6-14-12-9-17-8-10-4-2-3-5-11(10)12/h2-5,12-14H,6-9H2,1H3. The summed E-state index contributed by atoms with van der Waals surface area (Å²) >= 11 is 1.88. The summed E-state index contributed by atoms with van der Waals surface area (Å²) in [4.78, 5) is 0. The van der Waals surface area contributed by atoms with Crippen LogP contribution in [0.5, 0.6) is 0 Å². The summed E-state index contributed by atoms with van der Waals surface area (Å²) in [7, 11) is -1.67. The van der Waals surface area contributed by atoms with Gasteiger partial charge in [0.15, 0.2) is 0 Å². The molecule has 0 fully saturated rings. The van der Waals surface area contributed by atoms with Crippen molar-refractivity contribution in [3.63, 3.8) is 0 Å². The third-order valence-electron chi connectivity index (χ3n) is 3.05. The molecule has 0 radical (unpaired) electrons. The van der Waals surface area contributed by atoms with Crippen LogP contribution < -0.4 is 10.0 Å². The van der Waals surface area contributed by atoms with Crippen LogP contribution in [0.25, 0.3) is 0 Å². The molecule has 18 heavy (non-hydrogen) atoms. The molecule has 0 saturated heterocycles. The number of hydrogen-bond donors (Lipinski definition) is 2. The van der Waals surface area contributed by atoms with E-state index in [1.165, 1.54) is 18.2 Å². The predicted molar refractivity (Wildman–Crippen MR) is 76.2 cm³/mol. The Balaban J connectivity index is 1.96. The molecule has 0 aromatic heterocycles. The van der Waals surface area contributed by atoms with Crippen molar-refractivity contribution in [3.8, 4) is 0 Å². The van der Waals surface area contributed by atoms with Gasteiger partial charge in [-0.15, -0.1) is 0 Å². The number of rotatable bonds is 5. The van der Waals surface area contributed by atoms with Gasteiger partial charge in [0.05, 0.1) is 5.75 Å². The maximum absolute atomic E-state index is 11.3. The first kappa shape index (κ1) is 13.9. The molecule has 0 spiro atoms. The number of hydrogen-bond acceptors (Lipinski definition) is 4. The van der Waals surface area contributed by atoms with Gasteiger partial charge < -0.3 is 5.32 Å². The molecule has 1 aromatic carbocycles. The molecule has 1 aliphatic heterocycles. The van der Waals surface area contributed by atoms with E-state index in [-0.39, 0.29) is 11.8 Å². The highest BCUT2D eigenvalue weighted by atomic mass is 32.2. The highest BCUT2D eigenvalue weighted by molar-refractivity contribution is 7.98. The van der Waals surface area contributed by atoms with E-state index in [1.807, 2.05) is 23.9 Å². The number of benzene rings is 1. The van der Waals surface area contributed by atoms with E-state index in [4.69, 9.17) is 0 Å². The normalized spacial score (nSPS) is 19.5. The zero-order valence-corrected chi connectivity index (χ0v) is 12.0. The highest BCUT2D eigenvalue weighted by Gasteiger charge is 2.19. The van der Waals surface area contributed by atoms with Gasteiger partial charge in [0, 0.05) is 24.1 Å². The summed E-state index contributed by atoms with van der Waals surface area (Å²) < 4.78 is 25.0. The fourth-order valence-electron chi connectivity index (χ4n) is 2.02. The van der Waals surface area contributed by atoms with Crippen molar-refractivity contribution < 1.29 is 8.42 Å². The largest absolute Gasteiger partial charge is 0.308 e. The molecule has 1 aromatic rings. The lowest BCUT2D eigenvalue weighted by atomic mass is 10.0. The number of fused-ring (bicyclic) bond motifs is 1. The second kappa shape index (κ2) is 6.06. The van der Waals surface area contributed by atoms with E-state index < -0.39 is 10.0 Å². The van der Waals surface area contributed by atoms with Crippen LogP contribution in [-0.2, 0) is 15.8 Å². The van der Waals surface area contributed by atoms with E-state index in [2.05, 4.69) is 22.2 Å². The zero-order chi connectivity index (χ0) is 13.0. The van der Waals surface area contributed by atoms with Gasteiger partial charge in [0.25, 0.3) is 0 Å². The molecule has 2 rings (SSSR count). The van der Waals surface area contributed by atoms with Crippen LogP contribution in [0.2, 0.25) is 0 Å². The van der Waals surface area contributed by atoms with Gasteiger partial charge in [-0.3, -0.25) is 0 Å². The predicted octanol–water partition coefficient (Wildman–Crippen LogP) is 1.11. The minimum Gasteiger partial charge on any atom is -0.308 e. The van der Waals surface area contributed by atoms with Crippen molar-refractivity contribution in [2.45, 2.75) is 11.8 Å². The Kier molecular flexibility index (Phi) is 4.66. The number of nitrogens with one attached hydrogen (secondary N) is 2. The monoisotopic (exact) mass is 286 g/mol. The molecule has 0 amide bonds. The minimum atomic E-state index is -3.12. The molecular formula is C12H18N2O2S2. The van der Waals surface area contributed by atoms with Gasteiger partial charge in [-0.05, 0) is 18.2 Å². The SMILES string of the molecule is CNS(=O)(=O)CCNC1CSCc2ccccc21. The van der Waals surface area contributed by atoms with Crippen LogP contribution in [0.3, 0.4) is 0 Å². The van der Waals surface area contributed by atoms with Crippen LogP contribution in [0.4, 0.5) is 0 Å². The van der Waals surface area contributed by atoms with Crippen LogP contribution in [0.15, 0.2) is 24.3 Å². The van der Waals surface area contributed by atoms with Crippen LogP contribution in [0.1, 0.15) is 17.2 Å². The van der Waals surface area contributed by atoms with Gasteiger partial charge in [-0.2, -0.15) is 11.8 Å². The Bertz CT molecular complexity index is 503. The summed E-state index contributed by atoms with van der Waals surface area (Å²) in [5.74, 6) is 2.16. The molecule has 0 bridgehead atoms. The lowest BCUT2D eigenvalue weighted by Gasteiger charge is -2.26. The first-order valence-corrected chi connectivity index (χ1v) is 8.73. The summed E-state index contributed by atoms with van der Waals surface area (Å²) in [6.45, 7) is 0.475. The number of thioether (sulfide) groups is 1. The molecule has 6 heteroatoms. The Morgan fingerprint density at radius 3 is 2.94 bits per heavy atom. The fraction of sp³-hybridized carbons (Fsp3) is 0.500. The highest BCUT2D eigenvalue weighted by Crippen LogP contribution is 2.31. The summed E-state index contributed by atoms with van der Waals surface area (Å²) in [6, 6.07) is 8.60. The van der Waals surface area contributed by atoms with E-state index in [0.717, 1.165) is 11.5 Å². The fourth-order valence-corrected chi connectivity index (χ4v) is 3.75. The molecule has 2 N–H and O–H groups in total. The lowest BCUT2D eigenvalue weighted by Crippen LogP contribution is -2.33. The quantitative estimate of drug-likeness (QED) is 0.851. The van der Waals surface area contributed by atoms with Crippen molar-refractivity contribution in [2.75, 3.05) is 25.1 Å². The summed E-state index contributed by atoms with van der Waals surface area (Å²) in [6.07, 6.45) is 0. The minimum absolute atomic E-state index is 0.118. The molecule has 0 aliphatic carbocycles. The molecular weight excluding hydrogens is 268 g/mol. The van der Waals surface area contributed by atoms with Crippen LogP contribution in [0, 0.1) is 0 Å². The third-order valence-corrected chi connectivity index (χ3v) is 5.49. The average Bonchev–Trinajstić information content (AvgIpc) is 2.39. The molecule has 100 valence electrons. The second-order valence-electron chi connectivity index (χ2n) is 4.24. The Labute approximate surface area is 113 Å². The van der Waals surface area contributed by atoms with Crippen molar-refractivity contribution in [3.05, 3.63) is 35.4 Å².